The second-order valence-corrected chi connectivity index (χ2v) is 3.19. The molecule has 0 aliphatic carbocycles. The van der Waals surface area contributed by atoms with E-state index in [1.54, 1.807) is 7.11 Å². The fourth-order valence-corrected chi connectivity index (χ4v) is 0.917. The monoisotopic (exact) mass is 189 g/mol. The summed E-state index contributed by atoms with van der Waals surface area (Å²) in [6.45, 7) is 7.83. The Kier molecular flexibility index (Phi) is 9.87. The van der Waals surface area contributed by atoms with Crippen molar-refractivity contribution in [2.75, 3.05) is 33.4 Å². The molecule has 0 saturated heterocycles. The third-order valence-corrected chi connectivity index (χ3v) is 1.96. The van der Waals surface area contributed by atoms with E-state index >= 15 is 0 Å². The van der Waals surface area contributed by atoms with Crippen molar-refractivity contribution in [2.45, 2.75) is 32.8 Å². The first-order valence-electron chi connectivity index (χ1n) is 5.12. The average Bonchev–Trinajstić information content (AvgIpc) is 2.16. The molecule has 0 rings (SSSR count). The number of hydrogen-bond donors (Lipinski definition) is 1. The van der Waals surface area contributed by atoms with E-state index in [4.69, 9.17) is 9.47 Å². The first kappa shape index (κ1) is 12.9. The smallest absolute Gasteiger partial charge is 0.0594 e. The molecule has 0 saturated carbocycles. The molecule has 0 aromatic rings. The molecule has 80 valence electrons. The Morgan fingerprint density at radius 2 is 2.00 bits per heavy atom. The molecule has 1 unspecified atom stereocenters. The van der Waals surface area contributed by atoms with Gasteiger partial charge in [-0.1, -0.05) is 6.92 Å². The third-order valence-electron chi connectivity index (χ3n) is 1.96. The van der Waals surface area contributed by atoms with Crippen molar-refractivity contribution < 1.29 is 9.47 Å². The Balaban J connectivity index is 2.91. The molecule has 0 aromatic carbocycles. The standard InChI is InChI=1S/C10H23NO2/c1-4-10(2)13-9-7-11-6-5-8-12-3/h10-11H,4-9H2,1-3H3. The highest BCUT2D eigenvalue weighted by atomic mass is 16.5. The van der Waals surface area contributed by atoms with E-state index in [1.165, 1.54) is 0 Å². The van der Waals surface area contributed by atoms with Gasteiger partial charge in [-0.15, -0.1) is 0 Å². The van der Waals surface area contributed by atoms with E-state index in [2.05, 4.69) is 19.2 Å². The number of ether oxygens (including phenoxy) is 2. The van der Waals surface area contributed by atoms with Crippen molar-refractivity contribution in [3.05, 3.63) is 0 Å². The second-order valence-electron chi connectivity index (χ2n) is 3.19. The Morgan fingerprint density at radius 3 is 2.62 bits per heavy atom. The molecule has 13 heavy (non-hydrogen) atoms. The van der Waals surface area contributed by atoms with Gasteiger partial charge in [0.05, 0.1) is 12.7 Å². The van der Waals surface area contributed by atoms with Gasteiger partial charge >= 0.3 is 0 Å². The summed E-state index contributed by atoms with van der Waals surface area (Å²) in [7, 11) is 1.73. The zero-order chi connectivity index (χ0) is 9.94. The van der Waals surface area contributed by atoms with Gasteiger partial charge in [0, 0.05) is 20.3 Å². The van der Waals surface area contributed by atoms with E-state index < -0.39 is 0 Å². The number of rotatable bonds is 9. The average molecular weight is 189 g/mol. The maximum atomic E-state index is 5.50. The maximum Gasteiger partial charge on any atom is 0.0594 e. The maximum absolute atomic E-state index is 5.50. The van der Waals surface area contributed by atoms with Gasteiger partial charge in [0.25, 0.3) is 0 Å². The minimum atomic E-state index is 0.390. The van der Waals surface area contributed by atoms with Crippen LogP contribution in [0.15, 0.2) is 0 Å². The SMILES string of the molecule is CCC(C)OCCNCCCOC. The normalized spacial score (nSPS) is 13.2. The molecule has 0 aliphatic heterocycles. The lowest BCUT2D eigenvalue weighted by molar-refractivity contribution is 0.0654. The van der Waals surface area contributed by atoms with Crippen LogP contribution in [-0.4, -0.2) is 39.5 Å². The molecule has 0 radical (unpaired) electrons. The summed E-state index contributed by atoms with van der Waals surface area (Å²) in [5.74, 6) is 0. The second kappa shape index (κ2) is 9.96. The molecule has 1 atom stereocenters. The highest BCUT2D eigenvalue weighted by Crippen LogP contribution is 1.93. The Bertz CT molecular complexity index is 98.9. The summed E-state index contributed by atoms with van der Waals surface area (Å²) < 4.78 is 10.4. The van der Waals surface area contributed by atoms with Gasteiger partial charge in [-0.2, -0.15) is 0 Å². The van der Waals surface area contributed by atoms with Crippen LogP contribution in [-0.2, 0) is 9.47 Å². The van der Waals surface area contributed by atoms with Crippen molar-refractivity contribution in [1.82, 2.24) is 5.32 Å². The highest BCUT2D eigenvalue weighted by Gasteiger charge is 1.96. The van der Waals surface area contributed by atoms with Crippen LogP contribution >= 0.6 is 0 Å². The van der Waals surface area contributed by atoms with Crippen LogP contribution in [0.3, 0.4) is 0 Å². The Labute approximate surface area is 81.8 Å². The van der Waals surface area contributed by atoms with Crippen LogP contribution in [0.1, 0.15) is 26.7 Å². The molecule has 0 fully saturated rings. The van der Waals surface area contributed by atoms with Crippen LogP contribution in [0, 0.1) is 0 Å². The lowest BCUT2D eigenvalue weighted by Crippen LogP contribution is -2.23. The fraction of sp³-hybridized carbons (Fsp3) is 1.00. The summed E-state index contributed by atoms with van der Waals surface area (Å²) in [6, 6.07) is 0. The lowest BCUT2D eigenvalue weighted by Gasteiger charge is -2.10. The molecule has 3 heteroatoms. The van der Waals surface area contributed by atoms with Gasteiger partial charge in [-0.25, -0.2) is 0 Å². The zero-order valence-corrected chi connectivity index (χ0v) is 9.14. The number of hydrogen-bond acceptors (Lipinski definition) is 3. The predicted octanol–water partition coefficient (Wildman–Crippen LogP) is 1.43. The van der Waals surface area contributed by atoms with Crippen LogP contribution in [0.4, 0.5) is 0 Å². The van der Waals surface area contributed by atoms with Crippen molar-refractivity contribution >= 4 is 0 Å². The van der Waals surface area contributed by atoms with E-state index in [0.717, 1.165) is 39.1 Å². The minimum Gasteiger partial charge on any atom is -0.385 e. The van der Waals surface area contributed by atoms with Crippen molar-refractivity contribution in [3.63, 3.8) is 0 Å². The van der Waals surface area contributed by atoms with Crippen LogP contribution in [0.25, 0.3) is 0 Å². The number of nitrogens with one attached hydrogen (secondary N) is 1. The molecule has 0 amide bonds. The summed E-state index contributed by atoms with van der Waals surface area (Å²) in [5, 5.41) is 3.29. The highest BCUT2D eigenvalue weighted by molar-refractivity contribution is 4.49. The first-order valence-corrected chi connectivity index (χ1v) is 5.12. The van der Waals surface area contributed by atoms with Crippen molar-refractivity contribution in [2.24, 2.45) is 0 Å². The zero-order valence-electron chi connectivity index (χ0n) is 9.14. The third kappa shape index (κ3) is 9.80. The fourth-order valence-electron chi connectivity index (χ4n) is 0.917. The summed E-state index contributed by atoms with van der Waals surface area (Å²) in [6.07, 6.45) is 2.55. The molecular formula is C10H23NO2. The molecule has 0 aromatic heterocycles. The topological polar surface area (TPSA) is 30.5 Å². The molecule has 1 N–H and O–H groups in total. The minimum absolute atomic E-state index is 0.390. The largest absolute Gasteiger partial charge is 0.385 e. The molecule has 0 heterocycles. The van der Waals surface area contributed by atoms with E-state index in [-0.39, 0.29) is 0 Å². The molecule has 3 nitrogen and oxygen atoms in total. The summed E-state index contributed by atoms with van der Waals surface area (Å²) in [5.41, 5.74) is 0. The van der Waals surface area contributed by atoms with E-state index in [0.29, 0.717) is 6.10 Å². The number of methoxy groups -OCH3 is 1. The van der Waals surface area contributed by atoms with Gasteiger partial charge in [-0.05, 0) is 26.3 Å². The van der Waals surface area contributed by atoms with Gasteiger partial charge in [-0.3, -0.25) is 0 Å². The van der Waals surface area contributed by atoms with E-state index in [9.17, 15) is 0 Å². The van der Waals surface area contributed by atoms with Crippen LogP contribution < -0.4 is 5.32 Å². The quantitative estimate of drug-likeness (QED) is 0.557. The lowest BCUT2D eigenvalue weighted by atomic mass is 10.3. The predicted molar refractivity (Wildman–Crippen MR) is 55.1 cm³/mol. The van der Waals surface area contributed by atoms with E-state index in [1.807, 2.05) is 0 Å². The van der Waals surface area contributed by atoms with Crippen molar-refractivity contribution in [1.29, 1.82) is 0 Å². The molecule has 0 aliphatic rings. The van der Waals surface area contributed by atoms with Crippen molar-refractivity contribution in [3.8, 4) is 0 Å². The molecule has 0 bridgehead atoms. The van der Waals surface area contributed by atoms with Gasteiger partial charge < -0.3 is 14.8 Å². The van der Waals surface area contributed by atoms with Gasteiger partial charge in [0.2, 0.25) is 0 Å². The van der Waals surface area contributed by atoms with Gasteiger partial charge in [0.15, 0.2) is 0 Å². The Hall–Kier alpha value is -0.120. The summed E-state index contributed by atoms with van der Waals surface area (Å²) >= 11 is 0. The Morgan fingerprint density at radius 1 is 1.23 bits per heavy atom. The van der Waals surface area contributed by atoms with Crippen LogP contribution in [0.5, 0.6) is 0 Å². The summed E-state index contributed by atoms with van der Waals surface area (Å²) in [4.78, 5) is 0. The molecular weight excluding hydrogens is 166 g/mol. The molecule has 0 spiro atoms. The first-order chi connectivity index (χ1) is 6.31. The van der Waals surface area contributed by atoms with Crippen LogP contribution in [0.2, 0.25) is 0 Å². The van der Waals surface area contributed by atoms with Gasteiger partial charge in [0.1, 0.15) is 0 Å².